The van der Waals surface area contributed by atoms with Gasteiger partial charge in [0.1, 0.15) is 18.2 Å². The molecule has 0 aromatic heterocycles. The maximum Gasteiger partial charge on any atom is 0.248 e. The molecular weight excluding hydrogens is 271 g/mol. The molecule has 0 spiro atoms. The molecule has 2 rings (SSSR count). The highest BCUT2D eigenvalue weighted by atomic mass is 19.1. The molecular formula is C16H17FN2O2. The van der Waals surface area contributed by atoms with Gasteiger partial charge in [0.25, 0.3) is 0 Å². The second-order valence-corrected chi connectivity index (χ2v) is 4.96. The van der Waals surface area contributed by atoms with Crippen LogP contribution < -0.4 is 16.2 Å². The molecule has 2 aromatic rings. The van der Waals surface area contributed by atoms with Gasteiger partial charge in [-0.15, -0.1) is 0 Å². The minimum Gasteiger partial charge on any atom is -0.486 e. The van der Waals surface area contributed by atoms with Crippen molar-refractivity contribution in [3.63, 3.8) is 0 Å². The molecule has 0 radical (unpaired) electrons. The average molecular weight is 288 g/mol. The molecule has 5 heteroatoms. The van der Waals surface area contributed by atoms with Crippen LogP contribution in [0.25, 0.3) is 0 Å². The van der Waals surface area contributed by atoms with Crippen LogP contribution >= 0.6 is 0 Å². The highest BCUT2D eigenvalue weighted by molar-refractivity contribution is 5.92. The van der Waals surface area contributed by atoms with Crippen molar-refractivity contribution in [1.29, 1.82) is 0 Å². The molecule has 110 valence electrons. The van der Waals surface area contributed by atoms with E-state index in [1.807, 2.05) is 19.9 Å². The van der Waals surface area contributed by atoms with Gasteiger partial charge in [-0.3, -0.25) is 4.79 Å². The Balaban J connectivity index is 2.19. The van der Waals surface area contributed by atoms with Crippen molar-refractivity contribution in [2.45, 2.75) is 20.5 Å². The molecule has 0 unspecified atom stereocenters. The summed E-state index contributed by atoms with van der Waals surface area (Å²) in [6.07, 6.45) is 0. The number of anilines is 1. The van der Waals surface area contributed by atoms with Gasteiger partial charge in [0.15, 0.2) is 0 Å². The van der Waals surface area contributed by atoms with Crippen molar-refractivity contribution < 1.29 is 13.9 Å². The number of carbonyl (C=O) groups excluding carboxylic acids is 1. The van der Waals surface area contributed by atoms with Gasteiger partial charge in [0.05, 0.1) is 5.69 Å². The second-order valence-electron chi connectivity index (χ2n) is 4.96. The summed E-state index contributed by atoms with van der Waals surface area (Å²) in [5.41, 5.74) is 13.9. The third-order valence-corrected chi connectivity index (χ3v) is 3.16. The number of halogens is 1. The lowest BCUT2D eigenvalue weighted by atomic mass is 10.1. The Morgan fingerprint density at radius 1 is 1.24 bits per heavy atom. The molecule has 0 aliphatic rings. The van der Waals surface area contributed by atoms with E-state index in [2.05, 4.69) is 0 Å². The zero-order valence-electron chi connectivity index (χ0n) is 11.9. The number of nitrogen functional groups attached to an aromatic ring is 1. The summed E-state index contributed by atoms with van der Waals surface area (Å²) in [5.74, 6) is -0.659. The molecule has 1 amide bonds. The van der Waals surface area contributed by atoms with E-state index in [0.29, 0.717) is 17.0 Å². The van der Waals surface area contributed by atoms with Gasteiger partial charge >= 0.3 is 0 Å². The summed E-state index contributed by atoms with van der Waals surface area (Å²) in [6, 6.07) is 7.80. The van der Waals surface area contributed by atoms with Gasteiger partial charge in [0.2, 0.25) is 5.91 Å². The van der Waals surface area contributed by atoms with Crippen LogP contribution in [0.15, 0.2) is 30.3 Å². The number of aryl methyl sites for hydroxylation is 2. The van der Waals surface area contributed by atoms with Crippen LogP contribution in [0, 0.1) is 19.7 Å². The van der Waals surface area contributed by atoms with E-state index >= 15 is 0 Å². The fourth-order valence-electron chi connectivity index (χ4n) is 2.15. The number of hydrogen-bond donors (Lipinski definition) is 2. The molecule has 0 saturated heterocycles. The fraction of sp³-hybridized carbons (Fsp3) is 0.188. The highest BCUT2D eigenvalue weighted by Gasteiger charge is 2.10. The van der Waals surface area contributed by atoms with Crippen LogP contribution in [0.1, 0.15) is 27.0 Å². The SMILES string of the molecule is Cc1cc(C)c(OCc2ccc(C(N)=O)cc2F)c(N)c1. The molecule has 0 fully saturated rings. The molecule has 0 aliphatic heterocycles. The zero-order valence-corrected chi connectivity index (χ0v) is 11.9. The highest BCUT2D eigenvalue weighted by Crippen LogP contribution is 2.28. The molecule has 0 saturated carbocycles. The Morgan fingerprint density at radius 3 is 2.52 bits per heavy atom. The fourth-order valence-corrected chi connectivity index (χ4v) is 2.15. The summed E-state index contributed by atoms with van der Waals surface area (Å²) in [5, 5.41) is 0. The van der Waals surface area contributed by atoms with Crippen molar-refractivity contribution in [2.75, 3.05) is 5.73 Å². The summed E-state index contributed by atoms with van der Waals surface area (Å²) in [7, 11) is 0. The summed E-state index contributed by atoms with van der Waals surface area (Å²) < 4.78 is 19.5. The van der Waals surface area contributed by atoms with Crippen LogP contribution in [0.5, 0.6) is 5.75 Å². The Kier molecular flexibility index (Phi) is 4.12. The van der Waals surface area contributed by atoms with E-state index in [4.69, 9.17) is 16.2 Å². The monoisotopic (exact) mass is 288 g/mol. The number of ether oxygens (including phenoxy) is 1. The Morgan fingerprint density at radius 2 is 1.95 bits per heavy atom. The van der Waals surface area contributed by atoms with Gasteiger partial charge in [0, 0.05) is 11.1 Å². The molecule has 0 atom stereocenters. The Bertz CT molecular complexity index is 676. The van der Waals surface area contributed by atoms with Gasteiger partial charge in [-0.2, -0.15) is 0 Å². The van der Waals surface area contributed by atoms with Crippen LogP contribution in [-0.4, -0.2) is 5.91 Å². The Hall–Kier alpha value is -2.56. The van der Waals surface area contributed by atoms with Crippen molar-refractivity contribution in [1.82, 2.24) is 0 Å². The van der Waals surface area contributed by atoms with Gasteiger partial charge in [-0.1, -0.05) is 12.1 Å². The van der Waals surface area contributed by atoms with Crippen molar-refractivity contribution in [3.8, 4) is 5.75 Å². The maximum absolute atomic E-state index is 13.9. The van der Waals surface area contributed by atoms with Gasteiger partial charge < -0.3 is 16.2 Å². The number of benzene rings is 2. The van der Waals surface area contributed by atoms with Crippen molar-refractivity contribution in [2.24, 2.45) is 5.73 Å². The number of hydrogen-bond acceptors (Lipinski definition) is 3. The van der Waals surface area contributed by atoms with E-state index in [9.17, 15) is 9.18 Å². The van der Waals surface area contributed by atoms with Crippen LogP contribution in [-0.2, 0) is 6.61 Å². The van der Waals surface area contributed by atoms with E-state index in [-0.39, 0.29) is 12.2 Å². The van der Waals surface area contributed by atoms with Crippen LogP contribution in [0.3, 0.4) is 0 Å². The van der Waals surface area contributed by atoms with E-state index in [1.54, 1.807) is 6.07 Å². The number of nitrogens with two attached hydrogens (primary N) is 2. The van der Waals surface area contributed by atoms with E-state index in [0.717, 1.165) is 17.2 Å². The first-order valence-electron chi connectivity index (χ1n) is 6.46. The first-order chi connectivity index (χ1) is 9.88. The lowest BCUT2D eigenvalue weighted by Gasteiger charge is -2.13. The Labute approximate surface area is 122 Å². The molecule has 21 heavy (non-hydrogen) atoms. The molecule has 2 aromatic carbocycles. The number of carbonyl (C=O) groups is 1. The maximum atomic E-state index is 13.9. The smallest absolute Gasteiger partial charge is 0.248 e. The third kappa shape index (κ3) is 3.31. The topological polar surface area (TPSA) is 78.3 Å². The quantitative estimate of drug-likeness (QED) is 0.849. The average Bonchev–Trinajstić information content (AvgIpc) is 2.38. The lowest BCUT2D eigenvalue weighted by Crippen LogP contribution is -2.12. The lowest BCUT2D eigenvalue weighted by molar-refractivity contribution is 0.0999. The number of amides is 1. The predicted molar refractivity (Wildman–Crippen MR) is 79.6 cm³/mol. The molecule has 4 nitrogen and oxygen atoms in total. The zero-order chi connectivity index (χ0) is 15.6. The van der Waals surface area contributed by atoms with Gasteiger partial charge in [-0.05, 0) is 43.2 Å². The summed E-state index contributed by atoms with van der Waals surface area (Å²) >= 11 is 0. The minimum absolute atomic E-state index is 0.0268. The standard InChI is InChI=1S/C16H17FN2O2/c1-9-5-10(2)15(14(18)6-9)21-8-12-4-3-11(16(19)20)7-13(12)17/h3-7H,8,18H2,1-2H3,(H2,19,20). The first kappa shape index (κ1) is 14.8. The number of rotatable bonds is 4. The predicted octanol–water partition coefficient (Wildman–Crippen LogP) is 2.70. The first-order valence-corrected chi connectivity index (χ1v) is 6.46. The third-order valence-electron chi connectivity index (χ3n) is 3.16. The van der Waals surface area contributed by atoms with Crippen LogP contribution in [0.2, 0.25) is 0 Å². The molecule has 4 N–H and O–H groups in total. The normalized spacial score (nSPS) is 10.4. The largest absolute Gasteiger partial charge is 0.486 e. The van der Waals surface area contributed by atoms with Crippen molar-refractivity contribution >= 4 is 11.6 Å². The van der Waals surface area contributed by atoms with E-state index in [1.165, 1.54) is 12.1 Å². The minimum atomic E-state index is -0.667. The van der Waals surface area contributed by atoms with E-state index < -0.39 is 11.7 Å². The van der Waals surface area contributed by atoms with Crippen molar-refractivity contribution in [3.05, 3.63) is 58.4 Å². The summed E-state index contributed by atoms with van der Waals surface area (Å²) in [6.45, 7) is 3.85. The summed E-state index contributed by atoms with van der Waals surface area (Å²) in [4.78, 5) is 11.0. The molecule has 0 bridgehead atoms. The number of primary amides is 1. The van der Waals surface area contributed by atoms with Crippen LogP contribution in [0.4, 0.5) is 10.1 Å². The second kappa shape index (κ2) is 5.83. The molecule has 0 aliphatic carbocycles. The molecule has 0 heterocycles. The van der Waals surface area contributed by atoms with Gasteiger partial charge in [-0.25, -0.2) is 4.39 Å².